The third-order valence-electron chi connectivity index (χ3n) is 3.43. The zero-order valence-corrected chi connectivity index (χ0v) is 14.0. The summed E-state index contributed by atoms with van der Waals surface area (Å²) in [5.41, 5.74) is 1.35. The van der Waals surface area contributed by atoms with Crippen molar-refractivity contribution in [3.8, 4) is 0 Å². The number of carboxylic acid groups (broad SMARTS) is 1. The largest absolute Gasteiger partial charge is 0.480 e. The highest BCUT2D eigenvalue weighted by Crippen LogP contribution is 2.19. The molecule has 0 saturated heterocycles. The van der Waals surface area contributed by atoms with Crippen molar-refractivity contribution >= 4 is 29.2 Å². The second-order valence-corrected chi connectivity index (χ2v) is 5.84. The Labute approximate surface area is 151 Å². The van der Waals surface area contributed by atoms with Crippen LogP contribution in [0.15, 0.2) is 43.0 Å². The molecule has 2 heterocycles. The Hall–Kier alpha value is -3.20. The third kappa shape index (κ3) is 4.25. The lowest BCUT2D eigenvalue weighted by atomic mass is 10.2. The molecule has 2 aromatic heterocycles. The highest BCUT2D eigenvalue weighted by molar-refractivity contribution is 6.31. The Morgan fingerprint density at radius 3 is 2.69 bits per heavy atom. The van der Waals surface area contributed by atoms with Crippen LogP contribution < -0.4 is 5.32 Å². The van der Waals surface area contributed by atoms with E-state index >= 15 is 0 Å². The van der Waals surface area contributed by atoms with E-state index in [1.54, 1.807) is 16.9 Å². The van der Waals surface area contributed by atoms with Gasteiger partial charge in [0.15, 0.2) is 0 Å². The van der Waals surface area contributed by atoms with E-state index in [-0.39, 0.29) is 17.1 Å². The topological polar surface area (TPSA) is 102 Å². The molecular weight excluding hydrogens is 365 g/mol. The SMILES string of the molecule is O=C(O)Cn1cc(C(=O)Nc2cnn(Cc3ccc(F)cc3Cl)c2)cn1. The summed E-state index contributed by atoms with van der Waals surface area (Å²) in [7, 11) is 0. The molecule has 26 heavy (non-hydrogen) atoms. The molecule has 0 unspecified atom stereocenters. The van der Waals surface area contributed by atoms with Gasteiger partial charge < -0.3 is 10.4 Å². The molecule has 2 N–H and O–H groups in total. The number of hydrogen-bond donors (Lipinski definition) is 2. The first-order valence-electron chi connectivity index (χ1n) is 7.42. The van der Waals surface area contributed by atoms with Gasteiger partial charge >= 0.3 is 5.97 Å². The Bertz CT molecular complexity index is 968. The van der Waals surface area contributed by atoms with Crippen LogP contribution in [-0.4, -0.2) is 36.5 Å². The molecule has 134 valence electrons. The van der Waals surface area contributed by atoms with Crippen LogP contribution in [0.4, 0.5) is 10.1 Å². The molecule has 8 nitrogen and oxygen atoms in total. The lowest BCUT2D eigenvalue weighted by molar-refractivity contribution is -0.137. The molecule has 0 radical (unpaired) electrons. The number of hydrogen-bond acceptors (Lipinski definition) is 4. The van der Waals surface area contributed by atoms with Gasteiger partial charge in [-0.1, -0.05) is 17.7 Å². The van der Waals surface area contributed by atoms with Crippen molar-refractivity contribution in [2.45, 2.75) is 13.1 Å². The first kappa shape index (κ1) is 17.6. The van der Waals surface area contributed by atoms with Crippen molar-refractivity contribution < 1.29 is 19.1 Å². The normalized spacial score (nSPS) is 10.7. The third-order valence-corrected chi connectivity index (χ3v) is 3.78. The second kappa shape index (κ2) is 7.36. The summed E-state index contributed by atoms with van der Waals surface area (Å²) >= 11 is 5.99. The minimum Gasteiger partial charge on any atom is -0.480 e. The van der Waals surface area contributed by atoms with Crippen molar-refractivity contribution in [3.05, 3.63) is 65.0 Å². The molecule has 0 fully saturated rings. The van der Waals surface area contributed by atoms with Gasteiger partial charge in [0.25, 0.3) is 5.91 Å². The van der Waals surface area contributed by atoms with E-state index in [9.17, 15) is 14.0 Å². The van der Waals surface area contributed by atoms with Crippen molar-refractivity contribution in [1.82, 2.24) is 19.6 Å². The molecule has 0 aliphatic carbocycles. The number of carbonyl (C=O) groups excluding carboxylic acids is 1. The molecule has 0 spiro atoms. The molecule has 10 heteroatoms. The number of carboxylic acids is 1. The van der Waals surface area contributed by atoms with E-state index in [0.717, 1.165) is 4.68 Å². The van der Waals surface area contributed by atoms with Crippen LogP contribution >= 0.6 is 11.6 Å². The van der Waals surface area contributed by atoms with Crippen molar-refractivity contribution in [2.75, 3.05) is 5.32 Å². The molecule has 1 amide bonds. The zero-order chi connectivity index (χ0) is 18.7. The van der Waals surface area contributed by atoms with Crippen LogP contribution in [-0.2, 0) is 17.9 Å². The number of amides is 1. The first-order valence-corrected chi connectivity index (χ1v) is 7.80. The molecular formula is C16H13ClFN5O3. The van der Waals surface area contributed by atoms with Crippen LogP contribution in [0, 0.1) is 5.82 Å². The predicted octanol–water partition coefficient (Wildman–Crippen LogP) is 2.26. The molecule has 0 aliphatic rings. The fourth-order valence-electron chi connectivity index (χ4n) is 2.25. The van der Waals surface area contributed by atoms with Crippen LogP contribution in [0.1, 0.15) is 15.9 Å². The molecule has 0 bridgehead atoms. The molecule has 1 aromatic carbocycles. The Morgan fingerprint density at radius 1 is 1.19 bits per heavy atom. The quantitative estimate of drug-likeness (QED) is 0.686. The zero-order valence-electron chi connectivity index (χ0n) is 13.3. The van der Waals surface area contributed by atoms with E-state index in [0.29, 0.717) is 17.8 Å². The number of aliphatic carboxylic acids is 1. The summed E-state index contributed by atoms with van der Waals surface area (Å²) in [5, 5.41) is 19.6. The van der Waals surface area contributed by atoms with Gasteiger partial charge in [-0.3, -0.25) is 19.0 Å². The standard InChI is InChI=1S/C16H13ClFN5O3/c17-14-3-12(18)2-1-10(14)6-22-8-13(5-20-22)21-16(26)11-4-19-23(7-11)9-15(24)25/h1-5,7-8H,6,9H2,(H,21,26)(H,24,25). The maximum absolute atomic E-state index is 13.1. The number of nitrogens with zero attached hydrogens (tertiary/aromatic N) is 4. The summed E-state index contributed by atoms with van der Waals surface area (Å²) in [6.07, 6.45) is 5.67. The Morgan fingerprint density at radius 2 is 1.96 bits per heavy atom. The number of nitrogens with one attached hydrogen (secondary N) is 1. The van der Waals surface area contributed by atoms with Crippen LogP contribution in [0.25, 0.3) is 0 Å². The minimum atomic E-state index is -1.05. The fraction of sp³-hybridized carbons (Fsp3) is 0.125. The van der Waals surface area contributed by atoms with Crippen molar-refractivity contribution in [2.24, 2.45) is 0 Å². The van der Waals surface area contributed by atoms with Crippen LogP contribution in [0.2, 0.25) is 5.02 Å². The summed E-state index contributed by atoms with van der Waals surface area (Å²) in [6, 6.07) is 4.09. The average molecular weight is 378 g/mol. The highest BCUT2D eigenvalue weighted by Gasteiger charge is 2.12. The maximum atomic E-state index is 13.1. The van der Waals surface area contributed by atoms with Crippen LogP contribution in [0.5, 0.6) is 0 Å². The van der Waals surface area contributed by atoms with Crippen molar-refractivity contribution in [1.29, 1.82) is 0 Å². The van der Waals surface area contributed by atoms with Gasteiger partial charge in [-0.05, 0) is 17.7 Å². The summed E-state index contributed by atoms with van der Waals surface area (Å²) in [5.74, 6) is -1.92. The smallest absolute Gasteiger partial charge is 0.325 e. The lowest BCUT2D eigenvalue weighted by Gasteiger charge is -2.04. The van der Waals surface area contributed by atoms with E-state index in [1.807, 2.05) is 0 Å². The number of carbonyl (C=O) groups is 2. The van der Waals surface area contributed by atoms with E-state index < -0.39 is 17.7 Å². The Kier molecular flexibility index (Phi) is 4.99. The van der Waals surface area contributed by atoms with E-state index in [1.165, 1.54) is 30.7 Å². The number of anilines is 1. The fourth-order valence-corrected chi connectivity index (χ4v) is 2.48. The monoisotopic (exact) mass is 377 g/mol. The van der Waals surface area contributed by atoms with Gasteiger partial charge in [0.05, 0.1) is 30.2 Å². The van der Waals surface area contributed by atoms with Crippen LogP contribution in [0.3, 0.4) is 0 Å². The average Bonchev–Trinajstić information content (AvgIpc) is 3.19. The minimum absolute atomic E-state index is 0.223. The lowest BCUT2D eigenvalue weighted by Crippen LogP contribution is -2.11. The molecule has 0 saturated carbocycles. The first-order chi connectivity index (χ1) is 12.4. The summed E-state index contributed by atoms with van der Waals surface area (Å²) in [4.78, 5) is 22.8. The van der Waals surface area contributed by atoms with Gasteiger partial charge in [0.2, 0.25) is 0 Å². The van der Waals surface area contributed by atoms with Gasteiger partial charge in [0, 0.05) is 17.4 Å². The summed E-state index contributed by atoms with van der Waals surface area (Å²) < 4.78 is 15.8. The molecule has 0 aliphatic heterocycles. The van der Waals surface area contributed by atoms with E-state index in [2.05, 4.69) is 15.5 Å². The molecule has 0 atom stereocenters. The maximum Gasteiger partial charge on any atom is 0.325 e. The highest BCUT2D eigenvalue weighted by atomic mass is 35.5. The van der Waals surface area contributed by atoms with E-state index in [4.69, 9.17) is 16.7 Å². The van der Waals surface area contributed by atoms with Gasteiger partial charge in [-0.2, -0.15) is 10.2 Å². The Balaban J connectivity index is 1.65. The van der Waals surface area contributed by atoms with Gasteiger partial charge in [0.1, 0.15) is 12.4 Å². The van der Waals surface area contributed by atoms with Crippen molar-refractivity contribution in [3.63, 3.8) is 0 Å². The predicted molar refractivity (Wildman–Crippen MR) is 90.6 cm³/mol. The molecule has 3 aromatic rings. The second-order valence-electron chi connectivity index (χ2n) is 5.44. The number of aromatic nitrogens is 4. The van der Waals surface area contributed by atoms with Gasteiger partial charge in [-0.25, -0.2) is 4.39 Å². The van der Waals surface area contributed by atoms with Gasteiger partial charge in [-0.15, -0.1) is 0 Å². The number of benzene rings is 1. The molecule has 3 rings (SSSR count). The number of rotatable bonds is 6. The summed E-state index contributed by atoms with van der Waals surface area (Å²) in [6.45, 7) is -0.0187. The number of halogens is 2.